The molecule has 5 heteroatoms. The average Bonchev–Trinajstić information content (AvgIpc) is 3.09. The van der Waals surface area contributed by atoms with Crippen molar-refractivity contribution in [3.05, 3.63) is 11.7 Å². The Labute approximate surface area is 108 Å². The number of hydrogen-bond acceptors (Lipinski definition) is 5. The van der Waals surface area contributed by atoms with Gasteiger partial charge in [-0.15, -0.1) is 0 Å². The molecule has 2 aliphatic heterocycles. The molecule has 3 rings (SSSR count). The molecule has 0 radical (unpaired) electrons. The van der Waals surface area contributed by atoms with Crippen molar-refractivity contribution in [1.82, 2.24) is 20.4 Å². The van der Waals surface area contributed by atoms with Gasteiger partial charge in [-0.3, -0.25) is 0 Å². The predicted molar refractivity (Wildman–Crippen MR) is 68.4 cm³/mol. The molecule has 2 unspecified atom stereocenters. The zero-order chi connectivity index (χ0) is 12.4. The number of nitrogens with zero attached hydrogens (tertiary/aromatic N) is 3. The van der Waals surface area contributed by atoms with E-state index in [9.17, 15) is 0 Å². The van der Waals surface area contributed by atoms with Gasteiger partial charge >= 0.3 is 0 Å². The third-order valence-electron chi connectivity index (χ3n) is 4.13. The molecule has 3 heterocycles. The Hall–Kier alpha value is -0.940. The summed E-state index contributed by atoms with van der Waals surface area (Å²) in [6.07, 6.45) is 4.75. The lowest BCUT2D eigenvalue weighted by Crippen LogP contribution is -2.34. The third kappa shape index (κ3) is 2.42. The largest absolute Gasteiger partial charge is 0.338 e. The molecule has 0 amide bonds. The first-order valence-electron chi connectivity index (χ1n) is 7.16. The molecule has 0 spiro atoms. The van der Waals surface area contributed by atoms with Crippen LogP contribution in [-0.2, 0) is 0 Å². The topological polar surface area (TPSA) is 54.2 Å². The Morgan fingerprint density at radius 2 is 2.33 bits per heavy atom. The van der Waals surface area contributed by atoms with Crippen molar-refractivity contribution in [3.8, 4) is 0 Å². The van der Waals surface area contributed by atoms with Crippen molar-refractivity contribution in [2.75, 3.05) is 26.2 Å². The van der Waals surface area contributed by atoms with Crippen LogP contribution in [0.1, 0.15) is 56.3 Å². The Kier molecular flexibility index (Phi) is 3.61. The van der Waals surface area contributed by atoms with Crippen LogP contribution >= 0.6 is 0 Å². The lowest BCUT2D eigenvalue weighted by Gasteiger charge is -2.29. The van der Waals surface area contributed by atoms with Crippen LogP contribution in [0.3, 0.4) is 0 Å². The summed E-state index contributed by atoms with van der Waals surface area (Å²) in [5.74, 6) is 2.16. The van der Waals surface area contributed by atoms with Gasteiger partial charge in [-0.2, -0.15) is 4.98 Å². The molecule has 2 saturated heterocycles. The highest BCUT2D eigenvalue weighted by atomic mass is 16.5. The van der Waals surface area contributed by atoms with E-state index in [1.807, 2.05) is 0 Å². The maximum atomic E-state index is 5.43. The van der Waals surface area contributed by atoms with E-state index in [0.29, 0.717) is 5.92 Å². The SMILES string of the molecule is CCN1CCCC(c2noc(C3CCCN3)n2)C1. The highest BCUT2D eigenvalue weighted by molar-refractivity contribution is 5.02. The second kappa shape index (κ2) is 5.36. The lowest BCUT2D eigenvalue weighted by atomic mass is 9.97. The average molecular weight is 250 g/mol. The minimum absolute atomic E-state index is 0.289. The summed E-state index contributed by atoms with van der Waals surface area (Å²) in [6, 6.07) is 0.289. The van der Waals surface area contributed by atoms with Crippen molar-refractivity contribution in [2.45, 2.75) is 44.6 Å². The van der Waals surface area contributed by atoms with E-state index >= 15 is 0 Å². The van der Waals surface area contributed by atoms with Crippen molar-refractivity contribution in [3.63, 3.8) is 0 Å². The van der Waals surface area contributed by atoms with Gasteiger partial charge in [0.2, 0.25) is 5.89 Å². The summed E-state index contributed by atoms with van der Waals surface area (Å²) in [5.41, 5.74) is 0. The van der Waals surface area contributed by atoms with Gasteiger partial charge in [-0.05, 0) is 45.3 Å². The molecule has 5 nitrogen and oxygen atoms in total. The van der Waals surface area contributed by atoms with E-state index in [2.05, 4.69) is 27.3 Å². The molecule has 1 aromatic heterocycles. The van der Waals surface area contributed by atoms with E-state index in [4.69, 9.17) is 4.52 Å². The Balaban J connectivity index is 1.68. The summed E-state index contributed by atoms with van der Waals surface area (Å²) < 4.78 is 5.43. The van der Waals surface area contributed by atoms with E-state index in [0.717, 1.165) is 37.8 Å². The van der Waals surface area contributed by atoms with Gasteiger partial charge < -0.3 is 14.7 Å². The molecular formula is C13H22N4O. The van der Waals surface area contributed by atoms with Crippen LogP contribution in [0.2, 0.25) is 0 Å². The second-order valence-corrected chi connectivity index (χ2v) is 5.37. The second-order valence-electron chi connectivity index (χ2n) is 5.37. The number of rotatable bonds is 3. The van der Waals surface area contributed by atoms with Gasteiger partial charge in [-0.25, -0.2) is 0 Å². The van der Waals surface area contributed by atoms with Crippen molar-refractivity contribution in [1.29, 1.82) is 0 Å². The fourth-order valence-corrected chi connectivity index (χ4v) is 3.00. The smallest absolute Gasteiger partial charge is 0.243 e. The van der Waals surface area contributed by atoms with Crippen LogP contribution in [0.25, 0.3) is 0 Å². The number of aromatic nitrogens is 2. The fourth-order valence-electron chi connectivity index (χ4n) is 3.00. The summed E-state index contributed by atoms with van der Waals surface area (Å²) in [6.45, 7) is 6.68. The number of nitrogens with one attached hydrogen (secondary N) is 1. The van der Waals surface area contributed by atoms with Crippen molar-refractivity contribution < 1.29 is 4.52 Å². The minimum Gasteiger partial charge on any atom is -0.338 e. The number of likely N-dealkylation sites (tertiary alicyclic amines) is 1. The molecule has 0 aromatic carbocycles. The predicted octanol–water partition coefficient (Wildman–Crippen LogP) is 1.69. The minimum atomic E-state index is 0.289. The molecular weight excluding hydrogens is 228 g/mol. The maximum Gasteiger partial charge on any atom is 0.243 e. The molecule has 0 bridgehead atoms. The Morgan fingerprint density at radius 1 is 1.39 bits per heavy atom. The summed E-state index contributed by atoms with van der Waals surface area (Å²) in [5, 5.41) is 7.60. The highest BCUT2D eigenvalue weighted by Crippen LogP contribution is 2.27. The van der Waals surface area contributed by atoms with Crippen LogP contribution in [-0.4, -0.2) is 41.2 Å². The lowest BCUT2D eigenvalue weighted by molar-refractivity contribution is 0.211. The first kappa shape index (κ1) is 12.1. The van der Waals surface area contributed by atoms with Crippen LogP contribution in [0.15, 0.2) is 4.52 Å². The zero-order valence-corrected chi connectivity index (χ0v) is 11.1. The van der Waals surface area contributed by atoms with E-state index < -0.39 is 0 Å². The molecule has 100 valence electrons. The van der Waals surface area contributed by atoms with E-state index in [1.165, 1.54) is 25.8 Å². The van der Waals surface area contributed by atoms with Crippen molar-refractivity contribution >= 4 is 0 Å². The number of piperidine rings is 1. The third-order valence-corrected chi connectivity index (χ3v) is 4.13. The van der Waals surface area contributed by atoms with Crippen molar-refractivity contribution in [2.24, 2.45) is 0 Å². The number of likely N-dealkylation sites (N-methyl/N-ethyl adjacent to an activating group) is 1. The molecule has 1 N–H and O–H groups in total. The summed E-state index contributed by atoms with van der Waals surface area (Å²) in [7, 11) is 0. The van der Waals surface area contributed by atoms with Gasteiger partial charge in [0, 0.05) is 12.5 Å². The molecule has 0 saturated carbocycles. The van der Waals surface area contributed by atoms with Gasteiger partial charge in [0.25, 0.3) is 0 Å². The summed E-state index contributed by atoms with van der Waals surface area (Å²) >= 11 is 0. The molecule has 2 fully saturated rings. The van der Waals surface area contributed by atoms with Crippen LogP contribution in [0.4, 0.5) is 0 Å². The number of hydrogen-bond donors (Lipinski definition) is 1. The quantitative estimate of drug-likeness (QED) is 0.884. The fraction of sp³-hybridized carbons (Fsp3) is 0.846. The van der Waals surface area contributed by atoms with Gasteiger partial charge in [-0.1, -0.05) is 12.1 Å². The Morgan fingerprint density at radius 3 is 3.11 bits per heavy atom. The molecule has 2 aliphatic rings. The Bertz CT molecular complexity index is 386. The van der Waals surface area contributed by atoms with E-state index in [-0.39, 0.29) is 6.04 Å². The van der Waals surface area contributed by atoms with E-state index in [1.54, 1.807) is 0 Å². The molecule has 0 aliphatic carbocycles. The van der Waals surface area contributed by atoms with Crippen LogP contribution in [0.5, 0.6) is 0 Å². The van der Waals surface area contributed by atoms with Gasteiger partial charge in [0.05, 0.1) is 6.04 Å². The van der Waals surface area contributed by atoms with Gasteiger partial charge in [0.15, 0.2) is 5.82 Å². The maximum absolute atomic E-state index is 5.43. The first-order valence-corrected chi connectivity index (χ1v) is 7.16. The standard InChI is InChI=1S/C13H22N4O/c1-2-17-8-4-5-10(9-17)12-15-13(18-16-12)11-6-3-7-14-11/h10-11,14H,2-9H2,1H3. The van der Waals surface area contributed by atoms with Gasteiger partial charge in [0.1, 0.15) is 0 Å². The highest BCUT2D eigenvalue weighted by Gasteiger charge is 2.27. The molecule has 1 aromatic rings. The first-order chi connectivity index (χ1) is 8.86. The zero-order valence-electron chi connectivity index (χ0n) is 11.1. The summed E-state index contributed by atoms with van der Waals surface area (Å²) in [4.78, 5) is 7.09. The molecule has 2 atom stereocenters. The molecule has 18 heavy (non-hydrogen) atoms. The normalized spacial score (nSPS) is 29.8. The van der Waals surface area contributed by atoms with Crippen LogP contribution in [0, 0.1) is 0 Å². The monoisotopic (exact) mass is 250 g/mol. The van der Waals surface area contributed by atoms with Crippen LogP contribution < -0.4 is 5.32 Å².